The van der Waals surface area contributed by atoms with Gasteiger partial charge in [0.1, 0.15) is 5.38 Å². The van der Waals surface area contributed by atoms with Crippen molar-refractivity contribution in [1.82, 2.24) is 0 Å². The first-order valence-electron chi connectivity index (χ1n) is 4.11. The first-order valence-corrected chi connectivity index (χ1v) is 5.34. The van der Waals surface area contributed by atoms with E-state index in [0.717, 1.165) is 0 Å². The molecule has 80 valence electrons. The maximum Gasteiger partial charge on any atom is 0.337 e. The molecule has 1 atom stereocenters. The normalized spacial score (nSPS) is 12.2. The van der Waals surface area contributed by atoms with Gasteiger partial charge in [-0.05, 0) is 34.5 Å². The van der Waals surface area contributed by atoms with Crippen molar-refractivity contribution in [3.63, 3.8) is 0 Å². The number of carbonyl (C=O) groups excluding carboxylic acids is 1. The second-order valence-corrected chi connectivity index (χ2v) is 4.27. The Balaban J connectivity index is 3.35. The van der Waals surface area contributed by atoms with Crippen molar-refractivity contribution in [3.05, 3.63) is 33.8 Å². The molecule has 0 aliphatic heterocycles. The molecule has 1 rings (SSSR count). The molecule has 0 spiro atoms. The average Bonchev–Trinajstić information content (AvgIpc) is 2.15. The molecule has 0 fully saturated rings. The molecule has 1 N–H and O–H groups in total. The quantitative estimate of drug-likeness (QED) is 0.871. The third-order valence-corrected chi connectivity index (χ3v) is 3.09. The summed E-state index contributed by atoms with van der Waals surface area (Å²) in [6.07, 6.45) is 0. The number of alkyl halides is 1. The van der Waals surface area contributed by atoms with Crippen LogP contribution in [0.3, 0.4) is 0 Å². The van der Waals surface area contributed by atoms with Gasteiger partial charge >= 0.3 is 5.97 Å². The number of ketones is 1. The molecular weight excluding hydrogens is 283 g/mol. The smallest absolute Gasteiger partial charge is 0.337 e. The number of Topliss-reactive ketones (excluding diaryl/α,β-unsaturated/α-hetero) is 1. The van der Waals surface area contributed by atoms with Gasteiger partial charge in [-0.3, -0.25) is 4.79 Å². The Morgan fingerprint density at radius 2 is 2.07 bits per heavy atom. The SMILES string of the molecule is CC(=O)C(Cl)c1cccc(Br)c1C(=O)O. The van der Waals surface area contributed by atoms with E-state index in [1.54, 1.807) is 12.1 Å². The van der Waals surface area contributed by atoms with Gasteiger partial charge < -0.3 is 5.11 Å². The second kappa shape index (κ2) is 4.77. The summed E-state index contributed by atoms with van der Waals surface area (Å²) in [5, 5.41) is 8.05. The molecule has 0 aliphatic carbocycles. The highest BCUT2D eigenvalue weighted by molar-refractivity contribution is 9.10. The number of rotatable bonds is 3. The molecule has 15 heavy (non-hydrogen) atoms. The van der Waals surface area contributed by atoms with Gasteiger partial charge in [0, 0.05) is 4.47 Å². The predicted octanol–water partition coefficient (Wildman–Crippen LogP) is 3.02. The van der Waals surface area contributed by atoms with E-state index in [-0.39, 0.29) is 11.3 Å². The molecule has 0 aliphatic rings. The standard InChI is InChI=1S/C10H8BrClO3/c1-5(13)9(12)6-3-2-4-7(11)8(6)10(14)15/h2-4,9H,1H3,(H,14,15). The van der Waals surface area contributed by atoms with E-state index in [0.29, 0.717) is 10.0 Å². The highest BCUT2D eigenvalue weighted by atomic mass is 79.9. The highest BCUT2D eigenvalue weighted by Crippen LogP contribution is 2.29. The summed E-state index contributed by atoms with van der Waals surface area (Å²) in [6.45, 7) is 1.32. The maximum atomic E-state index is 11.1. The Morgan fingerprint density at radius 3 is 2.53 bits per heavy atom. The highest BCUT2D eigenvalue weighted by Gasteiger charge is 2.22. The Morgan fingerprint density at radius 1 is 1.47 bits per heavy atom. The molecule has 0 heterocycles. The van der Waals surface area contributed by atoms with Crippen LogP contribution in [0.5, 0.6) is 0 Å². The summed E-state index contributed by atoms with van der Waals surface area (Å²) in [7, 11) is 0. The monoisotopic (exact) mass is 290 g/mol. The van der Waals surface area contributed by atoms with Crippen molar-refractivity contribution in [2.75, 3.05) is 0 Å². The van der Waals surface area contributed by atoms with Crippen molar-refractivity contribution in [1.29, 1.82) is 0 Å². The van der Waals surface area contributed by atoms with Gasteiger partial charge in [0.15, 0.2) is 5.78 Å². The molecule has 0 bridgehead atoms. The molecule has 1 unspecified atom stereocenters. The van der Waals surface area contributed by atoms with Crippen molar-refractivity contribution < 1.29 is 14.7 Å². The number of hydrogen-bond donors (Lipinski definition) is 1. The van der Waals surface area contributed by atoms with Gasteiger partial charge in [-0.2, -0.15) is 0 Å². The number of carbonyl (C=O) groups is 2. The number of hydrogen-bond acceptors (Lipinski definition) is 2. The number of aromatic carboxylic acids is 1. The zero-order valence-corrected chi connectivity index (χ0v) is 10.2. The Labute approximate surface area is 100 Å². The first kappa shape index (κ1) is 12.2. The minimum atomic E-state index is -1.11. The molecule has 3 nitrogen and oxygen atoms in total. The van der Waals surface area contributed by atoms with Crippen LogP contribution in [0.15, 0.2) is 22.7 Å². The van der Waals surface area contributed by atoms with Gasteiger partial charge in [-0.25, -0.2) is 4.79 Å². The fourth-order valence-corrected chi connectivity index (χ4v) is 1.93. The lowest BCUT2D eigenvalue weighted by molar-refractivity contribution is -0.116. The molecule has 0 amide bonds. The summed E-state index contributed by atoms with van der Waals surface area (Å²) >= 11 is 8.94. The van der Waals surface area contributed by atoms with E-state index < -0.39 is 11.3 Å². The zero-order chi connectivity index (χ0) is 11.6. The van der Waals surface area contributed by atoms with Gasteiger partial charge in [-0.15, -0.1) is 11.6 Å². The van der Waals surface area contributed by atoms with Crippen LogP contribution in [0.2, 0.25) is 0 Å². The lowest BCUT2D eigenvalue weighted by Gasteiger charge is -2.10. The number of carboxylic acids is 1. The number of benzene rings is 1. The zero-order valence-electron chi connectivity index (χ0n) is 7.83. The van der Waals surface area contributed by atoms with Crippen LogP contribution in [-0.2, 0) is 4.79 Å². The molecule has 1 aromatic rings. The van der Waals surface area contributed by atoms with Gasteiger partial charge in [0.05, 0.1) is 5.56 Å². The molecule has 5 heteroatoms. The van der Waals surface area contributed by atoms with Crippen molar-refractivity contribution in [2.45, 2.75) is 12.3 Å². The number of halogens is 2. The second-order valence-electron chi connectivity index (χ2n) is 2.98. The Hall–Kier alpha value is -0.870. The van der Waals surface area contributed by atoms with E-state index in [2.05, 4.69) is 15.9 Å². The van der Waals surface area contributed by atoms with Crippen LogP contribution < -0.4 is 0 Å². The van der Waals surface area contributed by atoms with E-state index in [1.165, 1.54) is 13.0 Å². The van der Waals surface area contributed by atoms with E-state index in [1.807, 2.05) is 0 Å². The van der Waals surface area contributed by atoms with Gasteiger partial charge in [0.2, 0.25) is 0 Å². The number of carboxylic acid groups (broad SMARTS) is 1. The fraction of sp³-hybridized carbons (Fsp3) is 0.200. The van der Waals surface area contributed by atoms with E-state index in [9.17, 15) is 9.59 Å². The molecular formula is C10H8BrClO3. The third kappa shape index (κ3) is 2.58. The van der Waals surface area contributed by atoms with E-state index >= 15 is 0 Å². The minimum absolute atomic E-state index is 0.0349. The first-order chi connectivity index (χ1) is 6.95. The van der Waals surface area contributed by atoms with Crippen molar-refractivity contribution in [2.24, 2.45) is 0 Å². The van der Waals surface area contributed by atoms with Crippen LogP contribution in [0, 0.1) is 0 Å². The van der Waals surface area contributed by atoms with Crippen LogP contribution >= 0.6 is 27.5 Å². The largest absolute Gasteiger partial charge is 0.478 e. The Kier molecular flexibility index (Phi) is 3.88. The topological polar surface area (TPSA) is 54.4 Å². The van der Waals surface area contributed by atoms with Gasteiger partial charge in [-0.1, -0.05) is 12.1 Å². The molecule has 0 saturated carbocycles. The maximum absolute atomic E-state index is 11.1. The average molecular weight is 292 g/mol. The van der Waals surface area contributed by atoms with Crippen LogP contribution in [0.4, 0.5) is 0 Å². The molecule has 0 radical (unpaired) electrons. The fourth-order valence-electron chi connectivity index (χ4n) is 1.20. The minimum Gasteiger partial charge on any atom is -0.478 e. The third-order valence-electron chi connectivity index (χ3n) is 1.89. The van der Waals surface area contributed by atoms with Crippen molar-refractivity contribution in [3.8, 4) is 0 Å². The van der Waals surface area contributed by atoms with Crippen LogP contribution in [0.25, 0.3) is 0 Å². The molecule has 0 aromatic heterocycles. The molecule has 0 saturated heterocycles. The lowest BCUT2D eigenvalue weighted by Crippen LogP contribution is -2.09. The summed E-state index contributed by atoms with van der Waals surface area (Å²) in [5.41, 5.74) is 0.346. The van der Waals surface area contributed by atoms with Crippen LogP contribution in [-0.4, -0.2) is 16.9 Å². The Bertz CT molecular complexity index is 417. The summed E-state index contributed by atoms with van der Waals surface area (Å²) in [6, 6.07) is 4.77. The van der Waals surface area contributed by atoms with Gasteiger partial charge in [0.25, 0.3) is 0 Å². The van der Waals surface area contributed by atoms with Crippen molar-refractivity contribution >= 4 is 39.3 Å². The lowest BCUT2D eigenvalue weighted by atomic mass is 10.0. The predicted molar refractivity (Wildman–Crippen MR) is 60.4 cm³/mol. The van der Waals surface area contributed by atoms with Crippen LogP contribution in [0.1, 0.15) is 28.2 Å². The summed E-state index contributed by atoms with van der Waals surface area (Å²) < 4.78 is 0.416. The summed E-state index contributed by atoms with van der Waals surface area (Å²) in [5.74, 6) is -1.39. The summed E-state index contributed by atoms with van der Waals surface area (Å²) in [4.78, 5) is 22.1. The van der Waals surface area contributed by atoms with E-state index in [4.69, 9.17) is 16.7 Å². The molecule has 1 aromatic carbocycles.